The highest BCUT2D eigenvalue weighted by Gasteiger charge is 2.58. The third-order valence-corrected chi connectivity index (χ3v) is 4.98. The van der Waals surface area contributed by atoms with Crippen LogP contribution in [0.3, 0.4) is 0 Å². The van der Waals surface area contributed by atoms with Gasteiger partial charge in [0.25, 0.3) is 0 Å². The molecule has 2 aliphatic heterocycles. The molecule has 2 heterocycles. The van der Waals surface area contributed by atoms with E-state index in [1.165, 1.54) is 10.5 Å². The van der Waals surface area contributed by atoms with E-state index >= 15 is 0 Å². The van der Waals surface area contributed by atoms with Crippen molar-refractivity contribution in [2.45, 2.75) is 33.4 Å². The molecule has 0 N–H and O–H groups in total. The van der Waals surface area contributed by atoms with Crippen LogP contribution < -0.4 is 0 Å². The van der Waals surface area contributed by atoms with Gasteiger partial charge in [-0.15, -0.1) is 0 Å². The topological polar surface area (TPSA) is 40.6 Å². The number of likely N-dealkylation sites (tertiary alicyclic amines) is 2. The van der Waals surface area contributed by atoms with E-state index < -0.39 is 0 Å². The van der Waals surface area contributed by atoms with E-state index in [1.54, 1.807) is 7.05 Å². The number of benzene rings is 1. The van der Waals surface area contributed by atoms with Crippen LogP contribution in [0.4, 0.5) is 0 Å². The zero-order valence-corrected chi connectivity index (χ0v) is 13.7. The molecule has 2 saturated heterocycles. The molecule has 0 spiro atoms. The quantitative estimate of drug-likeness (QED) is 0.786. The van der Waals surface area contributed by atoms with Crippen molar-refractivity contribution in [1.29, 1.82) is 0 Å². The van der Waals surface area contributed by atoms with Gasteiger partial charge in [-0.1, -0.05) is 51.1 Å². The Morgan fingerprint density at radius 2 is 1.73 bits per heavy atom. The molecule has 4 nitrogen and oxygen atoms in total. The number of carbonyl (C=O) groups is 2. The van der Waals surface area contributed by atoms with Gasteiger partial charge in [-0.25, -0.2) is 0 Å². The lowest BCUT2D eigenvalue weighted by Crippen LogP contribution is -2.46. The normalized spacial score (nSPS) is 29.3. The lowest BCUT2D eigenvalue weighted by molar-refractivity contribution is -0.140. The fraction of sp³-hybridized carbons (Fsp3) is 0.556. The van der Waals surface area contributed by atoms with Crippen LogP contribution in [0.25, 0.3) is 0 Å². The van der Waals surface area contributed by atoms with Crippen molar-refractivity contribution in [1.82, 2.24) is 9.80 Å². The number of hydrogen-bond acceptors (Lipinski definition) is 3. The van der Waals surface area contributed by atoms with Gasteiger partial charge in [0, 0.05) is 26.2 Å². The number of rotatable bonds is 2. The van der Waals surface area contributed by atoms with E-state index in [4.69, 9.17) is 0 Å². The van der Waals surface area contributed by atoms with Crippen molar-refractivity contribution < 1.29 is 9.59 Å². The van der Waals surface area contributed by atoms with Gasteiger partial charge in [-0.3, -0.25) is 19.4 Å². The molecule has 0 saturated carbocycles. The highest BCUT2D eigenvalue weighted by Crippen LogP contribution is 2.45. The SMILES string of the molecule is CN1C(=O)[C@@H]2[C@@H](C(C)(C)C)N(Cc3ccccc3)C[C@H]2C1=O. The smallest absolute Gasteiger partial charge is 0.234 e. The van der Waals surface area contributed by atoms with Crippen LogP contribution >= 0.6 is 0 Å². The molecule has 0 bridgehead atoms. The molecular weight excluding hydrogens is 276 g/mol. The molecular formula is C18H24N2O2. The van der Waals surface area contributed by atoms with Gasteiger partial charge in [0.2, 0.25) is 11.8 Å². The number of nitrogens with zero attached hydrogens (tertiary/aromatic N) is 2. The molecule has 4 heteroatoms. The number of amides is 2. The highest BCUT2D eigenvalue weighted by molar-refractivity contribution is 6.05. The van der Waals surface area contributed by atoms with E-state index in [9.17, 15) is 9.59 Å². The molecule has 2 fully saturated rings. The van der Waals surface area contributed by atoms with Crippen molar-refractivity contribution in [3.8, 4) is 0 Å². The molecule has 22 heavy (non-hydrogen) atoms. The van der Waals surface area contributed by atoms with Crippen LogP contribution in [0.2, 0.25) is 0 Å². The monoisotopic (exact) mass is 300 g/mol. The third-order valence-electron chi connectivity index (χ3n) is 4.98. The minimum absolute atomic E-state index is 0.00881. The number of carbonyl (C=O) groups excluding carboxylic acids is 2. The average Bonchev–Trinajstić information content (AvgIpc) is 2.92. The summed E-state index contributed by atoms with van der Waals surface area (Å²) in [6, 6.07) is 10.4. The van der Waals surface area contributed by atoms with Crippen molar-refractivity contribution in [3.05, 3.63) is 35.9 Å². The molecule has 1 aromatic rings. The second-order valence-corrected chi connectivity index (χ2v) is 7.59. The molecule has 1 aromatic carbocycles. The zero-order chi connectivity index (χ0) is 16.1. The molecule has 2 amide bonds. The number of hydrogen-bond donors (Lipinski definition) is 0. The third kappa shape index (κ3) is 2.35. The van der Waals surface area contributed by atoms with Crippen LogP contribution in [0.1, 0.15) is 26.3 Å². The summed E-state index contributed by atoms with van der Waals surface area (Å²) < 4.78 is 0. The van der Waals surface area contributed by atoms with E-state index in [2.05, 4.69) is 37.8 Å². The van der Waals surface area contributed by atoms with Gasteiger partial charge in [-0.2, -0.15) is 0 Å². The summed E-state index contributed by atoms with van der Waals surface area (Å²) in [5.41, 5.74) is 1.18. The Labute approximate surface area is 132 Å². The highest BCUT2D eigenvalue weighted by atomic mass is 16.2. The fourth-order valence-corrected chi connectivity index (χ4v) is 4.11. The molecule has 2 aliphatic rings. The van der Waals surface area contributed by atoms with Crippen LogP contribution in [-0.2, 0) is 16.1 Å². The van der Waals surface area contributed by atoms with Gasteiger partial charge >= 0.3 is 0 Å². The minimum atomic E-state index is -0.193. The van der Waals surface area contributed by atoms with Crippen molar-refractivity contribution >= 4 is 11.8 Å². The summed E-state index contributed by atoms with van der Waals surface area (Å²) in [7, 11) is 1.62. The summed E-state index contributed by atoms with van der Waals surface area (Å²) in [6.07, 6.45) is 0. The van der Waals surface area contributed by atoms with Crippen LogP contribution in [0.15, 0.2) is 30.3 Å². The Morgan fingerprint density at radius 1 is 1.09 bits per heavy atom. The van der Waals surface area contributed by atoms with Crippen LogP contribution in [0, 0.1) is 17.3 Å². The summed E-state index contributed by atoms with van der Waals surface area (Å²) in [5.74, 6) is -0.392. The Kier molecular flexibility index (Phi) is 3.60. The maximum Gasteiger partial charge on any atom is 0.234 e. The average molecular weight is 300 g/mol. The second-order valence-electron chi connectivity index (χ2n) is 7.59. The Balaban J connectivity index is 1.92. The largest absolute Gasteiger partial charge is 0.294 e. The molecule has 3 atom stereocenters. The Bertz CT molecular complexity index is 591. The lowest BCUT2D eigenvalue weighted by atomic mass is 9.77. The fourth-order valence-electron chi connectivity index (χ4n) is 4.11. The molecule has 118 valence electrons. The maximum absolute atomic E-state index is 12.5. The molecule has 0 aromatic heterocycles. The summed E-state index contributed by atoms with van der Waals surface area (Å²) in [4.78, 5) is 28.5. The first kappa shape index (κ1) is 15.2. The van der Waals surface area contributed by atoms with Gasteiger partial charge in [-0.05, 0) is 11.0 Å². The van der Waals surface area contributed by atoms with Gasteiger partial charge in [0.1, 0.15) is 0 Å². The summed E-state index contributed by atoms with van der Waals surface area (Å²) in [6.45, 7) is 7.95. The molecule has 0 unspecified atom stereocenters. The van der Waals surface area contributed by atoms with Crippen LogP contribution in [0.5, 0.6) is 0 Å². The summed E-state index contributed by atoms with van der Waals surface area (Å²) >= 11 is 0. The van der Waals surface area contributed by atoms with Gasteiger partial charge in [0.15, 0.2) is 0 Å². The Morgan fingerprint density at radius 3 is 2.32 bits per heavy atom. The Hall–Kier alpha value is -1.68. The first-order chi connectivity index (χ1) is 10.3. The van der Waals surface area contributed by atoms with Crippen LogP contribution in [-0.4, -0.2) is 41.2 Å². The van der Waals surface area contributed by atoms with Gasteiger partial charge in [0.05, 0.1) is 11.8 Å². The number of imide groups is 1. The first-order valence-corrected chi connectivity index (χ1v) is 7.90. The predicted octanol–water partition coefficient (Wildman–Crippen LogP) is 2.15. The zero-order valence-electron chi connectivity index (χ0n) is 13.7. The predicted molar refractivity (Wildman–Crippen MR) is 84.9 cm³/mol. The van der Waals surface area contributed by atoms with E-state index in [-0.39, 0.29) is 35.1 Å². The van der Waals surface area contributed by atoms with Crippen molar-refractivity contribution in [2.24, 2.45) is 17.3 Å². The van der Waals surface area contributed by atoms with E-state index in [0.29, 0.717) is 6.54 Å². The molecule has 0 aliphatic carbocycles. The maximum atomic E-state index is 12.5. The number of fused-ring (bicyclic) bond motifs is 1. The standard InChI is InChI=1S/C18H24N2O2/c1-18(2,3)15-14-13(16(21)19(4)17(14)22)11-20(15)10-12-8-6-5-7-9-12/h5-9,13-15H,10-11H2,1-4H3/t13-,14+,15+/m1/s1. The first-order valence-electron chi connectivity index (χ1n) is 7.90. The second kappa shape index (κ2) is 5.20. The lowest BCUT2D eigenvalue weighted by Gasteiger charge is -2.37. The minimum Gasteiger partial charge on any atom is -0.294 e. The van der Waals surface area contributed by atoms with E-state index in [0.717, 1.165) is 6.54 Å². The van der Waals surface area contributed by atoms with Gasteiger partial charge < -0.3 is 0 Å². The molecule has 3 rings (SSSR count). The molecule has 0 radical (unpaired) electrons. The van der Waals surface area contributed by atoms with Crippen molar-refractivity contribution in [2.75, 3.05) is 13.6 Å². The summed E-state index contributed by atoms with van der Waals surface area (Å²) in [5, 5.41) is 0. The van der Waals surface area contributed by atoms with E-state index in [1.807, 2.05) is 18.2 Å². The van der Waals surface area contributed by atoms with Crippen molar-refractivity contribution in [3.63, 3.8) is 0 Å².